The molecule has 9 heteroatoms. The van der Waals surface area contributed by atoms with Crippen molar-refractivity contribution in [1.29, 1.82) is 0 Å². The smallest absolute Gasteiger partial charge is 0.243 e. The molecule has 4 amide bonds. The first-order valence-electron chi connectivity index (χ1n) is 10.0. The van der Waals surface area contributed by atoms with Gasteiger partial charge in [0.1, 0.15) is 12.1 Å². The summed E-state index contributed by atoms with van der Waals surface area (Å²) < 4.78 is 0. The summed E-state index contributed by atoms with van der Waals surface area (Å²) in [5.74, 6) is -1.67. The second-order valence-corrected chi connectivity index (χ2v) is 7.87. The zero-order valence-electron chi connectivity index (χ0n) is 17.1. The molecule has 1 aliphatic heterocycles. The molecule has 0 unspecified atom stereocenters. The summed E-state index contributed by atoms with van der Waals surface area (Å²) in [5, 5.41) is 11.4. The monoisotopic (exact) mass is 413 g/mol. The number of benzene rings is 1. The highest BCUT2D eigenvalue weighted by Crippen LogP contribution is 2.19. The number of carbonyl (C=O) groups is 4. The van der Waals surface area contributed by atoms with Crippen LogP contribution in [-0.4, -0.2) is 53.8 Å². The van der Waals surface area contributed by atoms with Gasteiger partial charge in [-0.2, -0.15) is 0 Å². The summed E-state index contributed by atoms with van der Waals surface area (Å²) in [6, 6.07) is 5.98. The molecule has 2 atom stereocenters. The third kappa shape index (κ3) is 5.37. The Hall–Kier alpha value is -3.36. The number of amides is 4. The fourth-order valence-corrected chi connectivity index (χ4v) is 3.48. The van der Waals surface area contributed by atoms with Crippen LogP contribution in [-0.2, 0) is 25.6 Å². The predicted molar refractivity (Wildman–Crippen MR) is 111 cm³/mol. The van der Waals surface area contributed by atoms with E-state index in [1.807, 2.05) is 38.1 Å². The van der Waals surface area contributed by atoms with Gasteiger partial charge < -0.3 is 26.3 Å². The summed E-state index contributed by atoms with van der Waals surface area (Å²) in [5.41, 5.74) is 1.80. The van der Waals surface area contributed by atoms with Crippen molar-refractivity contribution in [2.24, 2.45) is 5.92 Å². The number of hydrogen-bond donors (Lipinski definition) is 5. The van der Waals surface area contributed by atoms with Crippen LogP contribution < -0.4 is 21.3 Å². The zero-order chi connectivity index (χ0) is 21.7. The van der Waals surface area contributed by atoms with Crippen LogP contribution >= 0.6 is 0 Å². The molecule has 160 valence electrons. The maximum atomic E-state index is 13.0. The summed E-state index contributed by atoms with van der Waals surface area (Å²) in [6.07, 6.45) is 2.46. The van der Waals surface area contributed by atoms with Gasteiger partial charge in [0.15, 0.2) is 0 Å². The van der Waals surface area contributed by atoms with Crippen LogP contribution in [0.3, 0.4) is 0 Å². The van der Waals surface area contributed by atoms with Crippen molar-refractivity contribution in [3.8, 4) is 0 Å². The minimum atomic E-state index is -0.893. The lowest BCUT2D eigenvalue weighted by molar-refractivity contribution is -0.134. The van der Waals surface area contributed by atoms with E-state index in [-0.39, 0.29) is 25.4 Å². The van der Waals surface area contributed by atoms with Gasteiger partial charge in [-0.1, -0.05) is 32.0 Å². The van der Waals surface area contributed by atoms with Crippen molar-refractivity contribution in [2.45, 2.75) is 38.8 Å². The van der Waals surface area contributed by atoms with Crippen molar-refractivity contribution in [3.63, 3.8) is 0 Å². The average molecular weight is 413 g/mol. The Balaban J connectivity index is 1.86. The normalized spacial score (nSPS) is 21.3. The molecule has 1 fully saturated rings. The molecule has 30 heavy (non-hydrogen) atoms. The molecule has 0 radical (unpaired) electrons. The molecule has 0 saturated carbocycles. The largest absolute Gasteiger partial charge is 0.361 e. The molecule has 2 aromatic rings. The van der Waals surface area contributed by atoms with Crippen molar-refractivity contribution in [3.05, 3.63) is 36.0 Å². The lowest BCUT2D eigenvalue weighted by atomic mass is 10.0. The SMILES string of the molecule is CC(C)C[C@@H]1NC(=O)[C@H](Cc2c[nH]c3ccccc23)NC(=O)CNC(=O)CNC1=O. The number of aromatic amines is 1. The number of hydrogen-bond acceptors (Lipinski definition) is 4. The van der Waals surface area contributed by atoms with Crippen LogP contribution in [0.4, 0.5) is 0 Å². The molecular weight excluding hydrogens is 386 g/mol. The number of fused-ring (bicyclic) bond motifs is 1. The number of aromatic nitrogens is 1. The molecule has 1 aliphatic rings. The van der Waals surface area contributed by atoms with E-state index in [4.69, 9.17) is 0 Å². The van der Waals surface area contributed by atoms with E-state index in [0.29, 0.717) is 6.42 Å². The molecule has 0 spiro atoms. The van der Waals surface area contributed by atoms with Crippen LogP contribution in [0.2, 0.25) is 0 Å². The van der Waals surface area contributed by atoms with Gasteiger partial charge in [-0.25, -0.2) is 0 Å². The Morgan fingerprint density at radius 3 is 2.40 bits per heavy atom. The van der Waals surface area contributed by atoms with Gasteiger partial charge in [-0.3, -0.25) is 19.2 Å². The number of nitrogens with one attached hydrogen (secondary N) is 5. The van der Waals surface area contributed by atoms with E-state index in [1.54, 1.807) is 6.20 Å². The topological polar surface area (TPSA) is 132 Å². The Bertz CT molecular complexity index is 952. The number of rotatable bonds is 4. The summed E-state index contributed by atoms with van der Waals surface area (Å²) in [4.78, 5) is 52.9. The van der Waals surface area contributed by atoms with Gasteiger partial charge in [0, 0.05) is 23.5 Å². The lowest BCUT2D eigenvalue weighted by Gasteiger charge is -2.25. The van der Waals surface area contributed by atoms with Gasteiger partial charge in [-0.15, -0.1) is 0 Å². The molecule has 0 aliphatic carbocycles. The molecule has 1 aromatic heterocycles. The van der Waals surface area contributed by atoms with Crippen molar-refractivity contribution < 1.29 is 19.2 Å². The van der Waals surface area contributed by atoms with Gasteiger partial charge in [-0.05, 0) is 24.0 Å². The Kier molecular flexibility index (Phi) is 6.71. The highest BCUT2D eigenvalue weighted by molar-refractivity contribution is 5.96. The fourth-order valence-electron chi connectivity index (χ4n) is 3.48. The van der Waals surface area contributed by atoms with Crippen molar-refractivity contribution >= 4 is 34.5 Å². The van der Waals surface area contributed by atoms with Crippen LogP contribution in [0.1, 0.15) is 25.8 Å². The van der Waals surface area contributed by atoms with Crippen molar-refractivity contribution in [2.75, 3.05) is 13.1 Å². The van der Waals surface area contributed by atoms with E-state index < -0.39 is 35.7 Å². The minimum Gasteiger partial charge on any atom is -0.361 e. The van der Waals surface area contributed by atoms with Crippen LogP contribution in [0.15, 0.2) is 30.5 Å². The molecule has 2 heterocycles. The number of H-pyrrole nitrogens is 1. The van der Waals surface area contributed by atoms with Crippen molar-refractivity contribution in [1.82, 2.24) is 26.3 Å². The molecule has 9 nitrogen and oxygen atoms in total. The predicted octanol–water partition coefficient (Wildman–Crippen LogP) is -0.0279. The lowest BCUT2D eigenvalue weighted by Crippen LogP contribution is -2.57. The van der Waals surface area contributed by atoms with Gasteiger partial charge in [0.05, 0.1) is 13.1 Å². The Labute approximate surface area is 174 Å². The number of para-hydroxylation sites is 1. The minimum absolute atomic E-state index is 0.143. The molecular formula is C21H27N5O4. The van der Waals surface area contributed by atoms with E-state index in [1.165, 1.54) is 0 Å². The highest BCUT2D eigenvalue weighted by Gasteiger charge is 2.29. The first kappa shape index (κ1) is 21.4. The Morgan fingerprint density at radius 2 is 1.63 bits per heavy atom. The second kappa shape index (κ2) is 9.43. The first-order valence-corrected chi connectivity index (χ1v) is 10.0. The third-order valence-corrected chi connectivity index (χ3v) is 4.96. The molecule has 3 rings (SSSR count). The van der Waals surface area contributed by atoms with Gasteiger partial charge in [0.25, 0.3) is 0 Å². The van der Waals surface area contributed by atoms with Gasteiger partial charge >= 0.3 is 0 Å². The standard InChI is InChI=1S/C21H27N5O4/c1-12(2)7-16-20(29)24-10-18(27)23-11-19(28)25-17(21(30)26-16)8-13-9-22-15-6-4-3-5-14(13)15/h3-6,9,12,16-17,22H,7-8,10-11H2,1-2H3,(H,23,27)(H,24,29)(H,25,28)(H,26,30)/t16-,17-/m0/s1. The van der Waals surface area contributed by atoms with E-state index >= 15 is 0 Å². The molecule has 0 bridgehead atoms. The van der Waals surface area contributed by atoms with E-state index in [0.717, 1.165) is 16.5 Å². The summed E-state index contributed by atoms with van der Waals surface area (Å²) >= 11 is 0. The summed E-state index contributed by atoms with van der Waals surface area (Å²) in [7, 11) is 0. The van der Waals surface area contributed by atoms with Gasteiger partial charge in [0.2, 0.25) is 23.6 Å². The van der Waals surface area contributed by atoms with Crippen LogP contribution in [0.25, 0.3) is 10.9 Å². The Morgan fingerprint density at radius 1 is 0.900 bits per heavy atom. The maximum absolute atomic E-state index is 13.0. The summed E-state index contributed by atoms with van der Waals surface area (Å²) in [6.45, 7) is 3.35. The molecule has 5 N–H and O–H groups in total. The fraction of sp³-hybridized carbons (Fsp3) is 0.429. The van der Waals surface area contributed by atoms with Crippen LogP contribution in [0, 0.1) is 5.92 Å². The number of carbonyl (C=O) groups excluding carboxylic acids is 4. The average Bonchev–Trinajstić information content (AvgIpc) is 3.11. The quantitative estimate of drug-likeness (QED) is 0.482. The van der Waals surface area contributed by atoms with E-state index in [9.17, 15) is 19.2 Å². The zero-order valence-corrected chi connectivity index (χ0v) is 17.1. The molecule has 1 aromatic carbocycles. The second-order valence-electron chi connectivity index (χ2n) is 7.87. The third-order valence-electron chi connectivity index (χ3n) is 4.96. The highest BCUT2D eigenvalue weighted by atomic mass is 16.2. The first-order chi connectivity index (χ1) is 14.3. The van der Waals surface area contributed by atoms with Crippen LogP contribution in [0.5, 0.6) is 0 Å². The maximum Gasteiger partial charge on any atom is 0.243 e. The van der Waals surface area contributed by atoms with E-state index in [2.05, 4.69) is 26.3 Å². The molecule has 1 saturated heterocycles.